The summed E-state index contributed by atoms with van der Waals surface area (Å²) in [6.07, 6.45) is 2.30. The number of carbonyl (C=O) groups is 1. The third kappa shape index (κ3) is 5.03. The zero-order chi connectivity index (χ0) is 15.2. The first kappa shape index (κ1) is 16.2. The van der Waals surface area contributed by atoms with Gasteiger partial charge < -0.3 is 16.0 Å². The minimum Gasteiger partial charge on any atom is -0.370 e. The molecule has 1 rings (SSSR count). The van der Waals surface area contributed by atoms with E-state index in [0.717, 1.165) is 24.3 Å². The number of nitrogens with one attached hydrogen (secondary N) is 3. The summed E-state index contributed by atoms with van der Waals surface area (Å²) >= 11 is 0. The zero-order valence-corrected chi connectivity index (χ0v) is 13.0. The van der Waals surface area contributed by atoms with Gasteiger partial charge in [0.1, 0.15) is 18.0 Å². The lowest BCUT2D eigenvalue weighted by atomic mass is 10.1. The Labute approximate surface area is 120 Å². The fraction of sp³-hybridized carbons (Fsp3) is 0.643. The van der Waals surface area contributed by atoms with Gasteiger partial charge in [0, 0.05) is 17.6 Å². The topological polar surface area (TPSA) is 78.9 Å². The van der Waals surface area contributed by atoms with Crippen molar-refractivity contribution in [3.8, 4) is 0 Å². The molecule has 3 N–H and O–H groups in total. The molecular weight excluding hydrogens is 254 g/mol. The van der Waals surface area contributed by atoms with E-state index in [1.165, 1.54) is 6.33 Å². The van der Waals surface area contributed by atoms with Crippen LogP contribution in [0.25, 0.3) is 0 Å². The molecule has 1 heterocycles. The average Bonchev–Trinajstić information content (AvgIpc) is 2.35. The predicted octanol–water partition coefficient (Wildman–Crippen LogP) is 1.80. The highest BCUT2D eigenvalue weighted by Crippen LogP contribution is 2.19. The Hall–Kier alpha value is -1.85. The molecule has 0 aromatic carbocycles. The molecular formula is C14H25N5O. The van der Waals surface area contributed by atoms with Gasteiger partial charge in [0.2, 0.25) is 5.91 Å². The normalized spacial score (nSPS) is 11.1. The van der Waals surface area contributed by atoms with Crippen molar-refractivity contribution >= 4 is 17.5 Å². The highest BCUT2D eigenvalue weighted by molar-refractivity contribution is 5.81. The van der Waals surface area contributed by atoms with Gasteiger partial charge >= 0.3 is 0 Å². The van der Waals surface area contributed by atoms with Crippen LogP contribution in [0.2, 0.25) is 0 Å². The van der Waals surface area contributed by atoms with Crippen LogP contribution in [0.4, 0.5) is 11.6 Å². The van der Waals surface area contributed by atoms with Crippen LogP contribution in [-0.2, 0) is 11.2 Å². The monoisotopic (exact) mass is 279 g/mol. The molecule has 0 fully saturated rings. The van der Waals surface area contributed by atoms with Gasteiger partial charge in [0.25, 0.3) is 0 Å². The van der Waals surface area contributed by atoms with Crippen molar-refractivity contribution in [1.82, 2.24) is 15.3 Å². The van der Waals surface area contributed by atoms with E-state index in [1.54, 1.807) is 0 Å². The van der Waals surface area contributed by atoms with Crippen molar-refractivity contribution < 1.29 is 4.79 Å². The number of rotatable bonds is 6. The van der Waals surface area contributed by atoms with Gasteiger partial charge in [-0.15, -0.1) is 0 Å². The molecule has 0 bridgehead atoms. The standard InChI is InChI=1S/C14H25N5O/c1-6-10-12(15-7-2)17-9-18-13(10)16-8-11(20)19-14(3,4)5/h9H,6-8H2,1-5H3,(H,19,20)(H2,15,16,17,18). The molecule has 6 nitrogen and oxygen atoms in total. The summed E-state index contributed by atoms with van der Waals surface area (Å²) in [7, 11) is 0. The highest BCUT2D eigenvalue weighted by Gasteiger charge is 2.15. The lowest BCUT2D eigenvalue weighted by molar-refractivity contribution is -0.120. The summed E-state index contributed by atoms with van der Waals surface area (Å²) in [6.45, 7) is 10.9. The van der Waals surface area contributed by atoms with Crippen molar-refractivity contribution in [3.05, 3.63) is 11.9 Å². The zero-order valence-electron chi connectivity index (χ0n) is 13.0. The van der Waals surface area contributed by atoms with E-state index in [2.05, 4.69) is 25.9 Å². The molecule has 0 unspecified atom stereocenters. The Balaban J connectivity index is 2.73. The highest BCUT2D eigenvalue weighted by atomic mass is 16.2. The van der Waals surface area contributed by atoms with Gasteiger partial charge in [-0.1, -0.05) is 6.92 Å². The van der Waals surface area contributed by atoms with Crippen molar-refractivity contribution in [2.45, 2.75) is 46.6 Å². The number of aromatic nitrogens is 2. The number of amides is 1. The first-order valence-corrected chi connectivity index (χ1v) is 7.00. The minimum absolute atomic E-state index is 0.0526. The van der Waals surface area contributed by atoms with Gasteiger partial charge in [0.15, 0.2) is 0 Å². The minimum atomic E-state index is -0.229. The lowest BCUT2D eigenvalue weighted by Crippen LogP contribution is -2.43. The molecule has 0 radical (unpaired) electrons. The fourth-order valence-corrected chi connectivity index (χ4v) is 1.85. The fourth-order valence-electron chi connectivity index (χ4n) is 1.85. The predicted molar refractivity (Wildman–Crippen MR) is 82.0 cm³/mol. The molecule has 0 saturated heterocycles. The summed E-state index contributed by atoms with van der Waals surface area (Å²) in [6, 6.07) is 0. The van der Waals surface area contributed by atoms with Crippen LogP contribution in [0.5, 0.6) is 0 Å². The largest absolute Gasteiger partial charge is 0.370 e. The first-order chi connectivity index (χ1) is 9.37. The number of carbonyl (C=O) groups excluding carboxylic acids is 1. The number of hydrogen-bond donors (Lipinski definition) is 3. The van der Waals surface area contributed by atoms with Crippen LogP contribution in [0.3, 0.4) is 0 Å². The summed E-state index contributed by atoms with van der Waals surface area (Å²) in [5.74, 6) is 1.48. The molecule has 0 atom stereocenters. The van der Waals surface area contributed by atoms with Crippen LogP contribution < -0.4 is 16.0 Å². The third-order valence-electron chi connectivity index (χ3n) is 2.57. The molecule has 112 valence electrons. The maximum atomic E-state index is 11.8. The van der Waals surface area contributed by atoms with Gasteiger partial charge in [0.05, 0.1) is 6.54 Å². The van der Waals surface area contributed by atoms with Crippen molar-refractivity contribution in [1.29, 1.82) is 0 Å². The summed E-state index contributed by atoms with van der Waals surface area (Å²) in [5, 5.41) is 9.19. The molecule has 0 aliphatic carbocycles. The maximum absolute atomic E-state index is 11.8. The van der Waals surface area contributed by atoms with Gasteiger partial charge in [-0.25, -0.2) is 9.97 Å². The Morgan fingerprint density at radius 1 is 1.15 bits per heavy atom. The summed E-state index contributed by atoms with van der Waals surface area (Å²) in [5.41, 5.74) is 0.769. The van der Waals surface area contributed by atoms with Crippen LogP contribution >= 0.6 is 0 Å². The van der Waals surface area contributed by atoms with Gasteiger partial charge in [-0.2, -0.15) is 0 Å². The number of hydrogen-bond acceptors (Lipinski definition) is 5. The SMILES string of the molecule is CCNc1ncnc(NCC(=O)NC(C)(C)C)c1CC. The number of nitrogens with zero attached hydrogens (tertiary/aromatic N) is 2. The van der Waals surface area contributed by atoms with E-state index >= 15 is 0 Å². The lowest BCUT2D eigenvalue weighted by Gasteiger charge is -2.21. The van der Waals surface area contributed by atoms with Crippen molar-refractivity contribution in [2.24, 2.45) is 0 Å². The molecule has 0 aliphatic heterocycles. The Kier molecular flexibility index (Phi) is 5.73. The van der Waals surface area contributed by atoms with E-state index in [-0.39, 0.29) is 18.0 Å². The van der Waals surface area contributed by atoms with Gasteiger partial charge in [-0.05, 0) is 34.1 Å². The van der Waals surface area contributed by atoms with Gasteiger partial charge in [-0.3, -0.25) is 4.79 Å². The smallest absolute Gasteiger partial charge is 0.239 e. The van der Waals surface area contributed by atoms with E-state index < -0.39 is 0 Å². The molecule has 1 aromatic rings. The summed E-state index contributed by atoms with van der Waals surface area (Å²) in [4.78, 5) is 20.3. The second-order valence-corrected chi connectivity index (χ2v) is 5.59. The van der Waals surface area contributed by atoms with E-state index in [1.807, 2.05) is 34.6 Å². The van der Waals surface area contributed by atoms with Crippen LogP contribution in [0.1, 0.15) is 40.2 Å². The quantitative estimate of drug-likeness (QED) is 0.740. The molecule has 0 spiro atoms. The Bertz CT molecular complexity index is 453. The third-order valence-corrected chi connectivity index (χ3v) is 2.57. The molecule has 0 saturated carbocycles. The second kappa shape index (κ2) is 7.07. The molecule has 0 aliphatic rings. The summed E-state index contributed by atoms with van der Waals surface area (Å²) < 4.78 is 0. The molecule has 1 amide bonds. The van der Waals surface area contributed by atoms with E-state index in [4.69, 9.17) is 0 Å². The first-order valence-electron chi connectivity index (χ1n) is 7.00. The van der Waals surface area contributed by atoms with Crippen LogP contribution in [0, 0.1) is 0 Å². The second-order valence-electron chi connectivity index (χ2n) is 5.59. The van der Waals surface area contributed by atoms with E-state index in [9.17, 15) is 4.79 Å². The number of anilines is 2. The Morgan fingerprint density at radius 2 is 1.75 bits per heavy atom. The van der Waals surface area contributed by atoms with Crippen LogP contribution in [0.15, 0.2) is 6.33 Å². The van der Waals surface area contributed by atoms with Crippen LogP contribution in [-0.4, -0.2) is 34.5 Å². The maximum Gasteiger partial charge on any atom is 0.239 e. The molecule has 1 aromatic heterocycles. The molecule has 6 heteroatoms. The van der Waals surface area contributed by atoms with E-state index in [0.29, 0.717) is 5.82 Å². The average molecular weight is 279 g/mol. The molecule has 20 heavy (non-hydrogen) atoms. The van der Waals surface area contributed by atoms with Crippen molar-refractivity contribution in [2.75, 3.05) is 23.7 Å². The van der Waals surface area contributed by atoms with Crippen molar-refractivity contribution in [3.63, 3.8) is 0 Å². The Morgan fingerprint density at radius 3 is 2.25 bits per heavy atom.